The van der Waals surface area contributed by atoms with Crippen molar-refractivity contribution in [2.45, 2.75) is 134 Å². The first-order chi connectivity index (χ1) is 15.1. The largest absolute Gasteiger partial charge is 0.332 e. The van der Waals surface area contributed by atoms with E-state index in [9.17, 15) is 28.7 Å². The smallest absolute Gasteiger partial charge is 0.324 e. The SMILES string of the molecule is O=P(O)(O)CCCC1(C2(C3(P(=O)(O)O)CCCCCC3)CCCCCC2)CCCCCC1. The van der Waals surface area contributed by atoms with Crippen LogP contribution in [0.15, 0.2) is 0 Å². The van der Waals surface area contributed by atoms with Gasteiger partial charge >= 0.3 is 15.2 Å². The third-order valence-electron chi connectivity index (χ3n) is 9.52. The third kappa shape index (κ3) is 5.58. The van der Waals surface area contributed by atoms with Crippen LogP contribution in [0.3, 0.4) is 0 Å². The maximum absolute atomic E-state index is 13.6. The summed E-state index contributed by atoms with van der Waals surface area (Å²) in [4.78, 5) is 41.3. The molecule has 0 amide bonds. The zero-order chi connectivity index (χ0) is 23.3. The molecule has 3 aliphatic rings. The molecule has 188 valence electrons. The summed E-state index contributed by atoms with van der Waals surface area (Å²) in [5, 5.41) is -0.979. The second kappa shape index (κ2) is 10.9. The molecule has 0 unspecified atom stereocenters. The first-order valence-corrected chi connectivity index (χ1v) is 16.6. The Balaban J connectivity index is 2.15. The van der Waals surface area contributed by atoms with Crippen LogP contribution in [0.5, 0.6) is 0 Å². The average Bonchev–Trinajstić information content (AvgIpc) is 3.20. The summed E-state index contributed by atoms with van der Waals surface area (Å²) >= 11 is 0. The van der Waals surface area contributed by atoms with E-state index >= 15 is 0 Å². The van der Waals surface area contributed by atoms with E-state index in [0.29, 0.717) is 25.7 Å². The summed E-state index contributed by atoms with van der Waals surface area (Å²) in [6.45, 7) is 0. The van der Waals surface area contributed by atoms with Gasteiger partial charge in [0.1, 0.15) is 0 Å². The van der Waals surface area contributed by atoms with Crippen molar-refractivity contribution in [2.75, 3.05) is 6.16 Å². The minimum Gasteiger partial charge on any atom is -0.324 e. The van der Waals surface area contributed by atoms with Gasteiger partial charge in [-0.2, -0.15) is 0 Å². The molecule has 0 bridgehead atoms. The average molecular weight is 493 g/mol. The normalized spacial score (nSPS) is 27.1. The molecule has 32 heavy (non-hydrogen) atoms. The van der Waals surface area contributed by atoms with E-state index in [1.807, 2.05) is 0 Å². The standard InChI is InChI=1S/C24H46O6P2/c25-31(26,27)21-13-16-22(14-7-1-2-8-15-22)23(17-9-3-4-10-18-23)24(32(28,29)30)19-11-5-6-12-20-24/h1-21H2,(H2,25,26,27)(H2,28,29,30). The van der Waals surface area contributed by atoms with E-state index in [-0.39, 0.29) is 11.6 Å². The van der Waals surface area contributed by atoms with Crippen LogP contribution in [0, 0.1) is 10.8 Å². The molecule has 3 rings (SSSR count). The fraction of sp³-hybridized carbons (Fsp3) is 1.00. The fourth-order valence-corrected chi connectivity index (χ4v) is 10.7. The van der Waals surface area contributed by atoms with Gasteiger partial charge in [-0.3, -0.25) is 9.13 Å². The van der Waals surface area contributed by atoms with Gasteiger partial charge in [-0.25, -0.2) is 0 Å². The Morgan fingerprint density at radius 1 is 0.562 bits per heavy atom. The lowest BCUT2D eigenvalue weighted by Crippen LogP contribution is -2.57. The molecule has 0 aromatic heterocycles. The van der Waals surface area contributed by atoms with Crippen LogP contribution < -0.4 is 0 Å². The zero-order valence-electron chi connectivity index (χ0n) is 19.8. The molecular weight excluding hydrogens is 446 g/mol. The molecule has 0 aromatic rings. The molecule has 0 atom stereocenters. The Bertz CT molecular complexity index is 673. The van der Waals surface area contributed by atoms with Crippen LogP contribution in [-0.2, 0) is 9.13 Å². The van der Waals surface area contributed by atoms with Crippen LogP contribution in [0.2, 0.25) is 0 Å². The minimum atomic E-state index is -4.39. The summed E-state index contributed by atoms with van der Waals surface area (Å²) in [6.07, 6.45) is 18.4. The second-order valence-electron chi connectivity index (χ2n) is 11.2. The van der Waals surface area contributed by atoms with Crippen LogP contribution in [0.25, 0.3) is 0 Å². The van der Waals surface area contributed by atoms with Gasteiger partial charge in [0.25, 0.3) is 0 Å². The quantitative estimate of drug-likeness (QED) is 0.227. The van der Waals surface area contributed by atoms with Crippen molar-refractivity contribution in [3.8, 4) is 0 Å². The fourth-order valence-electron chi connectivity index (χ4n) is 8.18. The molecule has 0 heterocycles. The van der Waals surface area contributed by atoms with Gasteiger partial charge in [0.15, 0.2) is 0 Å². The van der Waals surface area contributed by atoms with Gasteiger partial charge < -0.3 is 19.6 Å². The molecule has 3 saturated carbocycles. The molecule has 8 heteroatoms. The van der Waals surface area contributed by atoms with E-state index in [2.05, 4.69) is 0 Å². The minimum absolute atomic E-state index is 0.117. The topological polar surface area (TPSA) is 115 Å². The van der Waals surface area contributed by atoms with Crippen molar-refractivity contribution in [3.63, 3.8) is 0 Å². The molecule has 3 aliphatic carbocycles. The van der Waals surface area contributed by atoms with E-state index < -0.39 is 25.8 Å². The van der Waals surface area contributed by atoms with Crippen LogP contribution in [0.4, 0.5) is 0 Å². The predicted octanol–water partition coefficient (Wildman–Crippen LogP) is 6.90. The molecule has 0 radical (unpaired) electrons. The van der Waals surface area contributed by atoms with E-state index in [1.165, 1.54) is 0 Å². The van der Waals surface area contributed by atoms with Crippen molar-refractivity contribution in [3.05, 3.63) is 0 Å². The molecule has 0 aliphatic heterocycles. The molecular formula is C24H46O6P2. The van der Waals surface area contributed by atoms with Crippen LogP contribution >= 0.6 is 15.2 Å². The number of hydrogen-bond donors (Lipinski definition) is 4. The number of rotatable bonds is 7. The summed E-state index contributed by atoms with van der Waals surface area (Å²) in [6, 6.07) is 0. The molecule has 6 nitrogen and oxygen atoms in total. The van der Waals surface area contributed by atoms with Gasteiger partial charge in [0, 0.05) is 6.16 Å². The first-order valence-electron chi connectivity index (χ1n) is 13.2. The van der Waals surface area contributed by atoms with Crippen molar-refractivity contribution in [2.24, 2.45) is 10.8 Å². The molecule has 4 N–H and O–H groups in total. The van der Waals surface area contributed by atoms with Gasteiger partial charge in [-0.1, -0.05) is 77.0 Å². The van der Waals surface area contributed by atoms with Crippen molar-refractivity contribution in [1.29, 1.82) is 0 Å². The molecule has 0 aromatic carbocycles. The highest BCUT2D eigenvalue weighted by molar-refractivity contribution is 7.53. The molecule has 0 spiro atoms. The van der Waals surface area contributed by atoms with Gasteiger partial charge in [-0.05, 0) is 62.2 Å². The Kier molecular flexibility index (Phi) is 9.18. The maximum Gasteiger partial charge on any atom is 0.332 e. The summed E-state index contributed by atoms with van der Waals surface area (Å²) in [5.41, 5.74) is -0.659. The summed E-state index contributed by atoms with van der Waals surface area (Å²) in [7, 11) is -8.48. The Labute approximate surface area is 194 Å². The predicted molar refractivity (Wildman–Crippen MR) is 129 cm³/mol. The summed E-state index contributed by atoms with van der Waals surface area (Å²) in [5.74, 6) is 0. The molecule has 0 saturated heterocycles. The van der Waals surface area contributed by atoms with Crippen molar-refractivity contribution in [1.82, 2.24) is 0 Å². The van der Waals surface area contributed by atoms with Crippen LogP contribution in [-0.4, -0.2) is 30.9 Å². The Morgan fingerprint density at radius 2 is 0.969 bits per heavy atom. The Morgan fingerprint density at radius 3 is 1.38 bits per heavy atom. The number of hydrogen-bond acceptors (Lipinski definition) is 2. The lowest BCUT2D eigenvalue weighted by Gasteiger charge is -2.61. The highest BCUT2D eigenvalue weighted by Gasteiger charge is 2.67. The summed E-state index contributed by atoms with van der Waals surface area (Å²) < 4.78 is 25.2. The van der Waals surface area contributed by atoms with Crippen molar-refractivity contribution >= 4 is 15.2 Å². The second-order valence-corrected chi connectivity index (χ2v) is 14.9. The maximum atomic E-state index is 13.6. The molecule has 3 fully saturated rings. The highest BCUT2D eigenvalue weighted by atomic mass is 31.2. The zero-order valence-corrected chi connectivity index (χ0v) is 21.6. The van der Waals surface area contributed by atoms with Gasteiger partial charge in [0.2, 0.25) is 0 Å². The first kappa shape index (κ1) is 26.9. The van der Waals surface area contributed by atoms with Gasteiger partial charge in [0.05, 0.1) is 5.16 Å². The van der Waals surface area contributed by atoms with Crippen molar-refractivity contribution < 1.29 is 28.7 Å². The monoisotopic (exact) mass is 492 g/mol. The van der Waals surface area contributed by atoms with Gasteiger partial charge in [-0.15, -0.1) is 0 Å². The Hall–Kier alpha value is 0.300. The lowest BCUT2D eigenvalue weighted by atomic mass is 9.48. The lowest BCUT2D eigenvalue weighted by molar-refractivity contribution is -0.0588. The van der Waals surface area contributed by atoms with E-state index in [1.54, 1.807) is 0 Å². The third-order valence-corrected chi connectivity index (χ3v) is 12.4. The van der Waals surface area contributed by atoms with Crippen LogP contribution in [0.1, 0.15) is 128 Å². The van der Waals surface area contributed by atoms with E-state index in [4.69, 9.17) is 0 Å². The van der Waals surface area contributed by atoms with E-state index in [0.717, 1.165) is 103 Å². The highest BCUT2D eigenvalue weighted by Crippen LogP contribution is 2.75.